The van der Waals surface area contributed by atoms with E-state index in [-0.39, 0.29) is 67.8 Å². The topological polar surface area (TPSA) is 102 Å². The van der Waals surface area contributed by atoms with Gasteiger partial charge in [-0.25, -0.2) is 14.1 Å². The van der Waals surface area contributed by atoms with Crippen LogP contribution in [0.4, 0.5) is 4.79 Å². The van der Waals surface area contributed by atoms with Gasteiger partial charge in [-0.3, -0.25) is 4.79 Å². The summed E-state index contributed by atoms with van der Waals surface area (Å²) in [6.45, 7) is 19.0. The number of nitrogens with zero attached hydrogens (tertiary/aromatic N) is 3. The van der Waals surface area contributed by atoms with Crippen LogP contribution in [0.1, 0.15) is 108 Å². The third-order valence-electron chi connectivity index (χ3n) is 13.3. The number of rotatable bonds is 22. The van der Waals surface area contributed by atoms with Gasteiger partial charge < -0.3 is 33.7 Å². The predicted octanol–water partition coefficient (Wildman–Crippen LogP) is 11.8. The van der Waals surface area contributed by atoms with Crippen LogP contribution in [0.25, 0.3) is 11.1 Å². The van der Waals surface area contributed by atoms with Crippen molar-refractivity contribution in [2.75, 3.05) is 40.5 Å². The number of nitrogens with one attached hydrogen (secondary N) is 1. The van der Waals surface area contributed by atoms with Crippen molar-refractivity contribution in [3.63, 3.8) is 0 Å². The molecule has 69 heavy (non-hydrogen) atoms. The molecule has 0 saturated carbocycles. The molecule has 1 N–H and O–H groups in total. The van der Waals surface area contributed by atoms with Gasteiger partial charge in [0.25, 0.3) is 0 Å². The zero-order valence-electron chi connectivity index (χ0n) is 42.3. The number of fused-ring (bicyclic) bond motifs is 3. The summed E-state index contributed by atoms with van der Waals surface area (Å²) in [5.74, 6) is 1.43. The van der Waals surface area contributed by atoms with E-state index in [0.717, 1.165) is 39.3 Å². The minimum atomic E-state index is -1.22. The highest BCUT2D eigenvalue weighted by Gasteiger charge is 2.44. The van der Waals surface area contributed by atoms with Gasteiger partial charge in [-0.1, -0.05) is 103 Å². The summed E-state index contributed by atoms with van der Waals surface area (Å²) in [4.78, 5) is 29.8. The Bertz CT molecular complexity index is 2300. The number of carbonyl (C=O) groups is 2. The van der Waals surface area contributed by atoms with Crippen molar-refractivity contribution in [3.8, 4) is 22.6 Å². The molecule has 2 atom stereocenters. The Balaban J connectivity index is 1.13. The van der Waals surface area contributed by atoms with E-state index < -0.39 is 20.1 Å². The highest BCUT2D eigenvalue weighted by molar-refractivity contribution is 7.47. The molecule has 1 heterocycles. The third kappa shape index (κ3) is 11.7. The molecule has 1 aliphatic heterocycles. The van der Waals surface area contributed by atoms with E-state index in [4.69, 9.17) is 23.5 Å². The summed E-state index contributed by atoms with van der Waals surface area (Å²) in [7, 11) is 2.11. The third-order valence-corrected chi connectivity index (χ3v) is 16.4. The van der Waals surface area contributed by atoms with Crippen molar-refractivity contribution < 1.29 is 33.1 Å². The van der Waals surface area contributed by atoms with E-state index in [9.17, 15) is 9.59 Å². The Morgan fingerprint density at radius 3 is 1.62 bits per heavy atom. The Labute approximate surface area is 412 Å². The van der Waals surface area contributed by atoms with Gasteiger partial charge in [0.2, 0.25) is 5.91 Å². The fourth-order valence-electron chi connectivity index (χ4n) is 10.3. The number of likely N-dealkylation sites (tertiary alicyclic amines) is 1. The van der Waals surface area contributed by atoms with Crippen molar-refractivity contribution in [2.45, 2.75) is 122 Å². The first kappa shape index (κ1) is 51.6. The molecule has 5 aromatic carbocycles. The number of benzene rings is 5. The maximum absolute atomic E-state index is 14.7. The molecule has 7 rings (SSSR count). The van der Waals surface area contributed by atoms with Gasteiger partial charge in [-0.2, -0.15) is 0 Å². The van der Waals surface area contributed by atoms with Crippen LogP contribution in [-0.4, -0.2) is 103 Å². The lowest BCUT2D eigenvalue weighted by Crippen LogP contribution is -2.44. The SMILES string of the molecule is COc1ccc(C(OC[C@@H]2C[C@@H](OP(N(C(C)C)C(C)C)N(C(C)C)C(C)C)CN2C(=O)CCCNC(=O)OCC2c3ccccc3-c3ccccc32)(c2ccccc2)c2ccc(OC)cc2)cc1. The fraction of sp³-hybridized carbons (Fsp3) is 0.439. The van der Waals surface area contributed by atoms with Gasteiger partial charge in [-0.05, 0) is 131 Å². The van der Waals surface area contributed by atoms with Crippen LogP contribution >= 0.6 is 8.45 Å². The molecule has 1 aliphatic carbocycles. The van der Waals surface area contributed by atoms with Crippen LogP contribution in [0, 0.1) is 0 Å². The highest BCUT2D eigenvalue weighted by Crippen LogP contribution is 2.53. The minimum absolute atomic E-state index is 0.0123. The zero-order valence-corrected chi connectivity index (χ0v) is 43.2. The molecule has 11 nitrogen and oxygen atoms in total. The molecule has 2 aliphatic rings. The molecule has 1 fully saturated rings. The van der Waals surface area contributed by atoms with Crippen LogP contribution in [0.2, 0.25) is 0 Å². The van der Waals surface area contributed by atoms with Gasteiger partial charge in [-0.15, -0.1) is 0 Å². The number of amides is 2. The van der Waals surface area contributed by atoms with Gasteiger partial charge in [0.05, 0.1) is 33.0 Å². The number of hydrogen-bond acceptors (Lipinski definition) is 9. The highest BCUT2D eigenvalue weighted by atomic mass is 31.2. The summed E-state index contributed by atoms with van der Waals surface area (Å²) >= 11 is 0. The van der Waals surface area contributed by atoms with E-state index in [1.165, 1.54) is 11.1 Å². The number of alkyl carbamates (subject to hydrolysis) is 1. The molecule has 0 aromatic heterocycles. The molecular weight excluding hydrogens is 884 g/mol. The first-order valence-electron chi connectivity index (χ1n) is 24.7. The Morgan fingerprint density at radius 2 is 1.13 bits per heavy atom. The smallest absolute Gasteiger partial charge is 0.407 e. The van der Waals surface area contributed by atoms with Crippen molar-refractivity contribution in [1.29, 1.82) is 0 Å². The average molecular weight is 957 g/mol. The van der Waals surface area contributed by atoms with Gasteiger partial charge in [0.15, 0.2) is 8.45 Å². The minimum Gasteiger partial charge on any atom is -0.497 e. The Morgan fingerprint density at radius 1 is 0.652 bits per heavy atom. The maximum atomic E-state index is 14.7. The lowest BCUT2D eigenvalue weighted by Gasteiger charge is -2.46. The molecule has 0 unspecified atom stereocenters. The monoisotopic (exact) mass is 957 g/mol. The van der Waals surface area contributed by atoms with Crippen LogP contribution in [0.15, 0.2) is 127 Å². The van der Waals surface area contributed by atoms with Crippen LogP contribution in [-0.2, 0) is 24.4 Å². The molecule has 368 valence electrons. The molecule has 0 spiro atoms. The summed E-state index contributed by atoms with van der Waals surface area (Å²) in [5.41, 5.74) is 6.39. The van der Waals surface area contributed by atoms with E-state index in [1.807, 2.05) is 71.6 Å². The lowest BCUT2D eigenvalue weighted by atomic mass is 9.80. The lowest BCUT2D eigenvalue weighted by molar-refractivity contribution is -0.134. The first-order chi connectivity index (χ1) is 33.3. The van der Waals surface area contributed by atoms with E-state index in [0.29, 0.717) is 25.9 Å². The zero-order chi connectivity index (χ0) is 49.2. The molecule has 5 aromatic rings. The summed E-state index contributed by atoms with van der Waals surface area (Å²) in [6.07, 6.45) is 0.525. The Kier molecular flexibility index (Phi) is 17.6. The largest absolute Gasteiger partial charge is 0.497 e. The number of methoxy groups -OCH3 is 2. The number of ether oxygens (including phenoxy) is 4. The van der Waals surface area contributed by atoms with Gasteiger partial charge in [0, 0.05) is 49.6 Å². The molecule has 12 heteroatoms. The van der Waals surface area contributed by atoms with Gasteiger partial charge in [0.1, 0.15) is 23.7 Å². The molecule has 0 bridgehead atoms. The molecular formula is C57H73N4O7P. The van der Waals surface area contributed by atoms with E-state index in [2.05, 4.69) is 131 Å². The quantitative estimate of drug-likeness (QED) is 0.0413. The van der Waals surface area contributed by atoms with Gasteiger partial charge >= 0.3 is 6.09 Å². The van der Waals surface area contributed by atoms with Crippen molar-refractivity contribution in [2.24, 2.45) is 0 Å². The second-order valence-corrected chi connectivity index (χ2v) is 20.9. The molecule has 1 saturated heterocycles. The van der Waals surface area contributed by atoms with Crippen molar-refractivity contribution in [3.05, 3.63) is 155 Å². The average Bonchev–Trinajstić information content (AvgIpc) is 3.90. The Hall–Kier alpha value is -5.29. The van der Waals surface area contributed by atoms with E-state index in [1.54, 1.807) is 14.2 Å². The standard InChI is InChI=1S/C57H73N4O7P/c1-39(2)60(40(3)4)69(61(41(5)6)42(7)8)68-49-35-46(37-67-57(43-19-12-11-13-20-43,44-26-30-47(64-9)31-27-44)45-28-32-48(65-10)33-29-45)59(36-49)55(62)25-18-34-58-56(63)66-38-54-52-23-16-14-21-50(52)51-22-15-17-24-53(51)54/h11-17,19-24,26-33,39-42,46,49,54H,18,25,34-38H2,1-10H3,(H,58,63)/t46-,49+/m0/s1. The maximum Gasteiger partial charge on any atom is 0.407 e. The van der Waals surface area contributed by atoms with Crippen LogP contribution < -0.4 is 14.8 Å². The number of carbonyl (C=O) groups excluding carboxylic acids is 2. The molecule has 2 amide bonds. The van der Waals surface area contributed by atoms with Crippen LogP contribution in [0.3, 0.4) is 0 Å². The molecule has 0 radical (unpaired) electrons. The first-order valence-corrected chi connectivity index (χ1v) is 25.8. The summed E-state index contributed by atoms with van der Waals surface area (Å²) < 4.78 is 36.8. The van der Waals surface area contributed by atoms with E-state index >= 15 is 0 Å². The summed E-state index contributed by atoms with van der Waals surface area (Å²) in [6, 6.07) is 43.5. The summed E-state index contributed by atoms with van der Waals surface area (Å²) in [5, 5.41) is 2.92. The van der Waals surface area contributed by atoms with Crippen molar-refractivity contribution >= 4 is 20.5 Å². The second-order valence-electron chi connectivity index (χ2n) is 19.2. The van der Waals surface area contributed by atoms with Crippen molar-refractivity contribution in [1.82, 2.24) is 19.6 Å². The normalized spacial score (nSPS) is 16.0. The van der Waals surface area contributed by atoms with Crippen LogP contribution in [0.5, 0.6) is 11.5 Å². The number of hydrogen-bond donors (Lipinski definition) is 1. The predicted molar refractivity (Wildman–Crippen MR) is 277 cm³/mol. The fourth-order valence-corrected chi connectivity index (χ4v) is 12.7. The second kappa shape index (κ2) is 23.5.